The third-order valence-electron chi connectivity index (χ3n) is 2.44. The van der Waals surface area contributed by atoms with Crippen LogP contribution >= 0.6 is 0 Å². The number of hydrogen-bond donors (Lipinski definition) is 6. The highest BCUT2D eigenvalue weighted by molar-refractivity contribution is 7.83. The van der Waals surface area contributed by atoms with Crippen molar-refractivity contribution >= 4 is 10.3 Å². The van der Waals surface area contributed by atoms with E-state index in [9.17, 15) is 28.8 Å². The number of aliphatic hydroxyl groups is 5. The van der Waals surface area contributed by atoms with E-state index in [1.165, 1.54) is 0 Å². The van der Waals surface area contributed by atoms with Crippen LogP contribution in [0.25, 0.3) is 0 Å². The fraction of sp³-hybridized carbons (Fsp3) is 1.00. The highest BCUT2D eigenvalue weighted by Gasteiger charge is 2.51. The smallest absolute Gasteiger partial charge is 0.338 e. The Morgan fingerprint density at radius 1 is 1.00 bits per heavy atom. The van der Waals surface area contributed by atoms with Crippen molar-refractivity contribution < 1.29 is 38.5 Å². The average Bonchev–Trinajstić information content (AvgIpc) is 2.18. The molecule has 0 spiro atoms. The van der Waals surface area contributed by atoms with Crippen molar-refractivity contribution in [3.05, 3.63) is 0 Å². The third-order valence-corrected chi connectivity index (χ3v) is 3.46. The Morgan fingerprint density at radius 3 is 1.88 bits per heavy atom. The predicted molar refractivity (Wildman–Crippen MR) is 48.3 cm³/mol. The lowest BCUT2D eigenvalue weighted by molar-refractivity contribution is -0.198. The Labute approximate surface area is 91.1 Å². The number of rotatable bonds is 2. The number of aliphatic hydroxyl groups excluding tert-OH is 5. The van der Waals surface area contributed by atoms with Crippen molar-refractivity contribution in [2.75, 3.05) is 6.61 Å². The molecular formula is C6H13NO8S. The first-order valence-electron chi connectivity index (χ1n) is 4.31. The van der Waals surface area contributed by atoms with E-state index in [0.717, 1.165) is 0 Å². The van der Waals surface area contributed by atoms with E-state index < -0.39 is 47.5 Å². The summed E-state index contributed by atoms with van der Waals surface area (Å²) in [5.41, 5.74) is 0. The second-order valence-electron chi connectivity index (χ2n) is 3.44. The summed E-state index contributed by atoms with van der Waals surface area (Å²) < 4.78 is 30.4. The molecule has 6 N–H and O–H groups in total. The molecule has 5 atom stereocenters. The maximum Gasteiger partial charge on any atom is 0.338 e. The van der Waals surface area contributed by atoms with Gasteiger partial charge in [0.2, 0.25) is 0 Å². The second-order valence-corrected chi connectivity index (χ2v) is 4.76. The van der Waals surface area contributed by atoms with Crippen LogP contribution in [0.2, 0.25) is 0 Å². The molecule has 0 aliphatic carbocycles. The molecule has 0 aromatic carbocycles. The Balaban J connectivity index is 3.13. The van der Waals surface area contributed by atoms with Crippen LogP contribution in [0.4, 0.5) is 0 Å². The highest BCUT2D eigenvalue weighted by atomic mass is 32.2. The van der Waals surface area contributed by atoms with E-state index >= 15 is 0 Å². The van der Waals surface area contributed by atoms with E-state index in [2.05, 4.69) is 0 Å². The van der Waals surface area contributed by atoms with E-state index in [0.29, 0.717) is 0 Å². The Bertz CT molecular complexity index is 344. The van der Waals surface area contributed by atoms with Gasteiger partial charge in [-0.15, -0.1) is 4.31 Å². The summed E-state index contributed by atoms with van der Waals surface area (Å²) in [6.45, 7) is -0.943. The minimum atomic E-state index is -4.93. The van der Waals surface area contributed by atoms with Gasteiger partial charge in [0.1, 0.15) is 18.3 Å². The van der Waals surface area contributed by atoms with E-state index in [1.807, 2.05) is 0 Å². The zero-order chi connectivity index (χ0) is 12.7. The zero-order valence-corrected chi connectivity index (χ0v) is 8.77. The molecule has 9 nitrogen and oxygen atoms in total. The minimum absolute atomic E-state index is 0.0605. The zero-order valence-electron chi connectivity index (χ0n) is 7.95. The summed E-state index contributed by atoms with van der Waals surface area (Å²) in [6, 6.07) is -1.64. The molecule has 0 aromatic rings. The molecule has 0 saturated carbocycles. The summed E-state index contributed by atoms with van der Waals surface area (Å²) in [4.78, 5) is 0. The van der Waals surface area contributed by atoms with Crippen molar-refractivity contribution in [2.45, 2.75) is 30.6 Å². The van der Waals surface area contributed by atoms with Gasteiger partial charge in [-0.25, -0.2) is 0 Å². The minimum Gasteiger partial charge on any atom is -0.395 e. The second kappa shape index (κ2) is 4.50. The summed E-state index contributed by atoms with van der Waals surface area (Å²) in [6.07, 6.45) is -7.79. The molecule has 96 valence electrons. The molecule has 0 radical (unpaired) electrons. The summed E-state index contributed by atoms with van der Waals surface area (Å²) >= 11 is 0. The Kier molecular flexibility index (Phi) is 3.87. The molecule has 0 bridgehead atoms. The summed E-state index contributed by atoms with van der Waals surface area (Å²) in [5.74, 6) is 0. The predicted octanol–water partition coefficient (Wildman–Crippen LogP) is -4.13. The molecule has 1 saturated heterocycles. The van der Waals surface area contributed by atoms with Crippen molar-refractivity contribution in [2.24, 2.45) is 0 Å². The van der Waals surface area contributed by atoms with Crippen molar-refractivity contribution in [1.29, 1.82) is 0 Å². The normalized spacial score (nSPS) is 42.2. The molecule has 0 amide bonds. The molecule has 1 rings (SSSR count). The fourth-order valence-corrected chi connectivity index (χ4v) is 2.53. The first kappa shape index (κ1) is 13.7. The Morgan fingerprint density at radius 2 is 1.50 bits per heavy atom. The van der Waals surface area contributed by atoms with E-state index in [-0.39, 0.29) is 4.31 Å². The van der Waals surface area contributed by atoms with Gasteiger partial charge in [-0.3, -0.25) is 4.55 Å². The molecule has 1 aliphatic rings. The monoisotopic (exact) mass is 259 g/mol. The van der Waals surface area contributed by atoms with E-state index in [4.69, 9.17) is 9.66 Å². The maximum atomic E-state index is 10.9. The van der Waals surface area contributed by atoms with Crippen LogP contribution in [0.15, 0.2) is 0 Å². The van der Waals surface area contributed by atoms with E-state index in [1.54, 1.807) is 0 Å². The van der Waals surface area contributed by atoms with Crippen molar-refractivity contribution in [1.82, 2.24) is 4.31 Å². The van der Waals surface area contributed by atoms with Crippen LogP contribution in [-0.4, -0.2) is 80.0 Å². The number of piperidine rings is 1. The van der Waals surface area contributed by atoms with Gasteiger partial charge in [0, 0.05) is 0 Å². The molecule has 1 unspecified atom stereocenters. The van der Waals surface area contributed by atoms with Crippen LogP contribution in [0.1, 0.15) is 0 Å². The molecule has 1 aliphatic heterocycles. The topological polar surface area (TPSA) is 159 Å². The first-order chi connectivity index (χ1) is 7.21. The molecule has 1 heterocycles. The first-order valence-corrected chi connectivity index (χ1v) is 5.70. The molecule has 16 heavy (non-hydrogen) atoms. The lowest BCUT2D eigenvalue weighted by Gasteiger charge is -2.43. The van der Waals surface area contributed by atoms with Gasteiger partial charge in [-0.2, -0.15) is 8.42 Å². The molecular weight excluding hydrogens is 246 g/mol. The van der Waals surface area contributed by atoms with Gasteiger partial charge >= 0.3 is 10.3 Å². The lowest BCUT2D eigenvalue weighted by atomic mass is 9.95. The van der Waals surface area contributed by atoms with Crippen LogP contribution < -0.4 is 0 Å². The van der Waals surface area contributed by atoms with Gasteiger partial charge in [0.15, 0.2) is 6.23 Å². The van der Waals surface area contributed by atoms with Gasteiger partial charge in [0.05, 0.1) is 12.6 Å². The van der Waals surface area contributed by atoms with Gasteiger partial charge in [0.25, 0.3) is 0 Å². The van der Waals surface area contributed by atoms with Gasteiger partial charge in [-0.1, -0.05) is 0 Å². The molecule has 10 heteroatoms. The van der Waals surface area contributed by atoms with Crippen LogP contribution in [0.5, 0.6) is 0 Å². The SMILES string of the molecule is O=S(=O)(O)N1C(O)[C@H](O)[C@@H](O)[C@H](O)[C@H]1CO. The maximum absolute atomic E-state index is 10.9. The summed E-state index contributed by atoms with van der Waals surface area (Å²) in [5, 5.41) is 45.9. The van der Waals surface area contributed by atoms with Crippen molar-refractivity contribution in [3.63, 3.8) is 0 Å². The van der Waals surface area contributed by atoms with Crippen LogP contribution in [0, 0.1) is 0 Å². The molecule has 1 fully saturated rings. The fourth-order valence-electron chi connectivity index (χ4n) is 1.60. The average molecular weight is 259 g/mol. The Hall–Kier alpha value is -0.330. The third kappa shape index (κ3) is 2.19. The largest absolute Gasteiger partial charge is 0.395 e. The van der Waals surface area contributed by atoms with Crippen LogP contribution in [0.3, 0.4) is 0 Å². The quantitative estimate of drug-likeness (QED) is 0.273. The summed E-state index contributed by atoms with van der Waals surface area (Å²) in [7, 11) is -4.93. The van der Waals surface area contributed by atoms with Gasteiger partial charge < -0.3 is 25.5 Å². The van der Waals surface area contributed by atoms with Crippen molar-refractivity contribution in [3.8, 4) is 0 Å². The van der Waals surface area contributed by atoms with Gasteiger partial charge in [-0.05, 0) is 0 Å². The standard InChI is InChI=1S/C6H13NO8S/c8-1-2-3(9)4(10)5(11)6(12)7(2)16(13,14)15/h2-6,8-12H,1H2,(H,13,14,15)/t2-,3-,4+,5-,6?/m1/s1. The lowest BCUT2D eigenvalue weighted by Crippen LogP contribution is -2.68. The van der Waals surface area contributed by atoms with Crippen LogP contribution in [-0.2, 0) is 10.3 Å². The number of nitrogens with zero attached hydrogens (tertiary/aromatic N) is 1. The highest BCUT2D eigenvalue weighted by Crippen LogP contribution is 2.25. The molecule has 0 aromatic heterocycles. The number of hydrogen-bond acceptors (Lipinski definition) is 7.